The summed E-state index contributed by atoms with van der Waals surface area (Å²) in [4.78, 5) is 24.8. The van der Waals surface area contributed by atoms with Crippen molar-refractivity contribution in [3.63, 3.8) is 0 Å². The molecule has 5 heteroatoms. The van der Waals surface area contributed by atoms with Crippen molar-refractivity contribution >= 4 is 11.6 Å². The lowest BCUT2D eigenvalue weighted by molar-refractivity contribution is -0.384. The molecule has 0 bridgehead atoms. The Balaban J connectivity index is 1.79. The molecule has 20 heavy (non-hydrogen) atoms. The van der Waals surface area contributed by atoms with Crippen molar-refractivity contribution in [2.45, 2.75) is 38.1 Å². The van der Waals surface area contributed by atoms with E-state index in [0.717, 1.165) is 19.4 Å². The van der Waals surface area contributed by atoms with Crippen LogP contribution in [-0.2, 0) is 0 Å². The molecule has 2 fully saturated rings. The molecule has 1 amide bonds. The molecule has 2 unspecified atom stereocenters. The average molecular weight is 274 g/mol. The fraction of sp³-hybridized carbons (Fsp3) is 0.533. The SMILES string of the molecule is O=C(c1ccc([N+](=O)[O-])cc1)N1CCCC2CCCC21. The zero-order chi connectivity index (χ0) is 14.1. The second-order valence-corrected chi connectivity index (χ2v) is 5.70. The molecular formula is C15H18N2O3. The van der Waals surface area contributed by atoms with Crippen LogP contribution >= 0.6 is 0 Å². The Kier molecular flexibility index (Phi) is 3.42. The normalized spacial score (nSPS) is 25.3. The Morgan fingerprint density at radius 2 is 1.85 bits per heavy atom. The molecular weight excluding hydrogens is 256 g/mol. The van der Waals surface area contributed by atoms with E-state index < -0.39 is 4.92 Å². The molecule has 1 aliphatic carbocycles. The number of likely N-dealkylation sites (tertiary alicyclic amines) is 1. The number of hydrogen-bond donors (Lipinski definition) is 0. The Bertz CT molecular complexity index is 526. The molecule has 1 aliphatic heterocycles. The Morgan fingerprint density at radius 1 is 1.15 bits per heavy atom. The number of carbonyl (C=O) groups excluding carboxylic acids is 1. The maximum absolute atomic E-state index is 12.6. The first kappa shape index (κ1) is 13.1. The number of piperidine rings is 1. The second-order valence-electron chi connectivity index (χ2n) is 5.70. The lowest BCUT2D eigenvalue weighted by atomic mass is 9.91. The predicted octanol–water partition coefficient (Wildman–Crippen LogP) is 3.00. The highest BCUT2D eigenvalue weighted by Gasteiger charge is 2.37. The van der Waals surface area contributed by atoms with Crippen LogP contribution in [0.2, 0.25) is 0 Å². The number of rotatable bonds is 2. The molecule has 5 nitrogen and oxygen atoms in total. The van der Waals surface area contributed by atoms with Gasteiger partial charge in [-0.2, -0.15) is 0 Å². The average Bonchev–Trinajstić information content (AvgIpc) is 2.95. The molecule has 0 N–H and O–H groups in total. The van der Waals surface area contributed by atoms with Gasteiger partial charge in [0.15, 0.2) is 0 Å². The minimum Gasteiger partial charge on any atom is -0.335 e. The highest BCUT2D eigenvalue weighted by molar-refractivity contribution is 5.94. The molecule has 1 aromatic carbocycles. The van der Waals surface area contributed by atoms with Gasteiger partial charge in [0.2, 0.25) is 0 Å². The predicted molar refractivity (Wildman–Crippen MR) is 74.5 cm³/mol. The Hall–Kier alpha value is -1.91. The molecule has 1 heterocycles. The van der Waals surface area contributed by atoms with Crippen molar-refractivity contribution in [2.24, 2.45) is 5.92 Å². The first-order valence-corrected chi connectivity index (χ1v) is 7.22. The summed E-state index contributed by atoms with van der Waals surface area (Å²) in [6.45, 7) is 0.816. The maximum atomic E-state index is 12.6. The molecule has 2 aliphatic rings. The zero-order valence-corrected chi connectivity index (χ0v) is 11.3. The lowest BCUT2D eigenvalue weighted by Gasteiger charge is -2.37. The molecule has 0 spiro atoms. The third kappa shape index (κ3) is 2.28. The number of amides is 1. The van der Waals surface area contributed by atoms with Crippen LogP contribution in [0.5, 0.6) is 0 Å². The molecule has 3 rings (SSSR count). The third-order valence-corrected chi connectivity index (χ3v) is 4.58. The number of nitro groups is 1. The molecule has 106 valence electrons. The quantitative estimate of drug-likeness (QED) is 0.615. The fourth-order valence-electron chi connectivity index (χ4n) is 3.60. The zero-order valence-electron chi connectivity index (χ0n) is 11.3. The van der Waals surface area contributed by atoms with Crippen LogP contribution < -0.4 is 0 Å². The van der Waals surface area contributed by atoms with Crippen LogP contribution in [0.25, 0.3) is 0 Å². The first-order chi connectivity index (χ1) is 9.66. The van der Waals surface area contributed by atoms with Gasteiger partial charge >= 0.3 is 0 Å². The topological polar surface area (TPSA) is 63.4 Å². The van der Waals surface area contributed by atoms with E-state index in [9.17, 15) is 14.9 Å². The van der Waals surface area contributed by atoms with E-state index in [2.05, 4.69) is 0 Å². The van der Waals surface area contributed by atoms with E-state index in [1.54, 1.807) is 12.1 Å². The van der Waals surface area contributed by atoms with Crippen LogP contribution in [0.3, 0.4) is 0 Å². The summed E-state index contributed by atoms with van der Waals surface area (Å²) >= 11 is 0. The summed E-state index contributed by atoms with van der Waals surface area (Å²) in [5.74, 6) is 0.683. The monoisotopic (exact) mass is 274 g/mol. The fourth-order valence-corrected chi connectivity index (χ4v) is 3.60. The largest absolute Gasteiger partial charge is 0.335 e. The summed E-state index contributed by atoms with van der Waals surface area (Å²) in [5.41, 5.74) is 0.585. The molecule has 1 saturated carbocycles. The molecule has 1 saturated heterocycles. The number of benzene rings is 1. The van der Waals surface area contributed by atoms with Gasteiger partial charge in [-0.15, -0.1) is 0 Å². The van der Waals surface area contributed by atoms with Crippen molar-refractivity contribution in [3.05, 3.63) is 39.9 Å². The molecule has 0 aromatic heterocycles. The van der Waals surface area contributed by atoms with Crippen molar-refractivity contribution in [1.82, 2.24) is 4.90 Å². The third-order valence-electron chi connectivity index (χ3n) is 4.58. The van der Waals surface area contributed by atoms with Crippen LogP contribution in [0.1, 0.15) is 42.5 Å². The van der Waals surface area contributed by atoms with Crippen molar-refractivity contribution in [3.8, 4) is 0 Å². The number of non-ortho nitro benzene ring substituents is 1. The van der Waals surface area contributed by atoms with Crippen LogP contribution in [0.4, 0.5) is 5.69 Å². The smallest absolute Gasteiger partial charge is 0.269 e. The summed E-state index contributed by atoms with van der Waals surface area (Å²) in [5, 5.41) is 10.6. The standard InChI is InChI=1S/C15H18N2O3/c18-15(12-6-8-13(9-7-12)17(19)20)16-10-2-4-11-3-1-5-14(11)16/h6-9,11,14H,1-5,10H2. The van der Waals surface area contributed by atoms with E-state index in [1.807, 2.05) is 4.90 Å². The van der Waals surface area contributed by atoms with E-state index in [-0.39, 0.29) is 11.6 Å². The summed E-state index contributed by atoms with van der Waals surface area (Å²) in [6, 6.07) is 6.33. The van der Waals surface area contributed by atoms with Gasteiger partial charge in [0, 0.05) is 30.3 Å². The van der Waals surface area contributed by atoms with Crippen LogP contribution in [0, 0.1) is 16.0 Å². The van der Waals surface area contributed by atoms with Gasteiger partial charge in [-0.1, -0.05) is 6.42 Å². The molecule has 2 atom stereocenters. The van der Waals surface area contributed by atoms with Gasteiger partial charge in [0.25, 0.3) is 11.6 Å². The summed E-state index contributed by atoms with van der Waals surface area (Å²) in [7, 11) is 0. The summed E-state index contributed by atoms with van der Waals surface area (Å²) < 4.78 is 0. The minimum absolute atomic E-state index is 0.0245. The number of hydrogen-bond acceptors (Lipinski definition) is 3. The lowest BCUT2D eigenvalue weighted by Crippen LogP contribution is -2.46. The Morgan fingerprint density at radius 3 is 2.55 bits per heavy atom. The Labute approximate surface area is 117 Å². The van der Waals surface area contributed by atoms with Gasteiger partial charge in [-0.25, -0.2) is 0 Å². The van der Waals surface area contributed by atoms with Crippen molar-refractivity contribution < 1.29 is 9.72 Å². The van der Waals surface area contributed by atoms with Crippen molar-refractivity contribution in [2.75, 3.05) is 6.54 Å². The summed E-state index contributed by atoms with van der Waals surface area (Å²) in [6.07, 6.45) is 5.84. The number of fused-ring (bicyclic) bond motifs is 1. The van der Waals surface area contributed by atoms with Crippen LogP contribution in [-0.4, -0.2) is 28.3 Å². The number of carbonyl (C=O) groups is 1. The van der Waals surface area contributed by atoms with Crippen LogP contribution in [0.15, 0.2) is 24.3 Å². The number of nitro benzene ring substituents is 1. The van der Waals surface area contributed by atoms with E-state index in [4.69, 9.17) is 0 Å². The minimum atomic E-state index is -0.442. The second kappa shape index (κ2) is 5.23. The van der Waals surface area contributed by atoms with Gasteiger partial charge < -0.3 is 4.90 Å². The van der Waals surface area contributed by atoms with Crippen molar-refractivity contribution in [1.29, 1.82) is 0 Å². The molecule has 1 aromatic rings. The van der Waals surface area contributed by atoms with Gasteiger partial charge in [-0.3, -0.25) is 14.9 Å². The number of nitrogens with zero attached hydrogens (tertiary/aromatic N) is 2. The van der Waals surface area contributed by atoms with E-state index >= 15 is 0 Å². The molecule has 0 radical (unpaired) electrons. The first-order valence-electron chi connectivity index (χ1n) is 7.22. The van der Waals surface area contributed by atoms with Gasteiger partial charge in [-0.05, 0) is 43.7 Å². The van der Waals surface area contributed by atoms with E-state index in [0.29, 0.717) is 17.5 Å². The maximum Gasteiger partial charge on any atom is 0.269 e. The van der Waals surface area contributed by atoms with Gasteiger partial charge in [0.05, 0.1) is 4.92 Å². The highest BCUT2D eigenvalue weighted by Crippen LogP contribution is 2.37. The van der Waals surface area contributed by atoms with Gasteiger partial charge in [0.1, 0.15) is 0 Å². The van der Waals surface area contributed by atoms with E-state index in [1.165, 1.54) is 31.4 Å². The highest BCUT2D eigenvalue weighted by atomic mass is 16.6.